The van der Waals surface area contributed by atoms with Gasteiger partial charge >= 0.3 is 0 Å². The van der Waals surface area contributed by atoms with Crippen LogP contribution in [0.25, 0.3) is 11.1 Å². The summed E-state index contributed by atoms with van der Waals surface area (Å²) in [4.78, 5) is 13.8. The van der Waals surface area contributed by atoms with Crippen LogP contribution in [0, 0.1) is 5.82 Å². The van der Waals surface area contributed by atoms with Gasteiger partial charge in [-0.05, 0) is 17.7 Å². The van der Waals surface area contributed by atoms with Crippen molar-refractivity contribution in [2.75, 3.05) is 13.7 Å². The molecule has 1 amide bonds. The lowest BCUT2D eigenvalue weighted by Gasteiger charge is -2.18. The van der Waals surface area contributed by atoms with E-state index in [1.807, 2.05) is 54.6 Å². The minimum absolute atomic E-state index is 0.102. The van der Waals surface area contributed by atoms with Crippen LogP contribution in [0.15, 0.2) is 78.9 Å². The number of hydrogen-bond donors (Lipinski definition) is 0. The molecule has 3 nitrogen and oxygen atoms in total. The second-order valence-corrected chi connectivity index (χ2v) is 5.99. The molecule has 0 N–H and O–H groups in total. The van der Waals surface area contributed by atoms with Gasteiger partial charge in [-0.25, -0.2) is 4.39 Å². The molecule has 132 valence electrons. The average Bonchev–Trinajstić information content (AvgIpc) is 2.68. The van der Waals surface area contributed by atoms with Crippen LogP contribution in [0.3, 0.4) is 0 Å². The third-order valence-electron chi connectivity index (χ3n) is 4.11. The highest BCUT2D eigenvalue weighted by Crippen LogP contribution is 2.29. The molecule has 0 saturated heterocycles. The highest BCUT2D eigenvalue weighted by Gasteiger charge is 2.13. The Morgan fingerprint density at radius 1 is 0.923 bits per heavy atom. The van der Waals surface area contributed by atoms with Gasteiger partial charge in [0.1, 0.15) is 11.6 Å². The molecule has 0 atom stereocenters. The van der Waals surface area contributed by atoms with Crippen LogP contribution in [0.2, 0.25) is 0 Å². The lowest BCUT2D eigenvalue weighted by Crippen LogP contribution is -2.31. The number of ether oxygens (including phenoxy) is 1. The summed E-state index contributed by atoms with van der Waals surface area (Å²) >= 11 is 0. The van der Waals surface area contributed by atoms with Gasteiger partial charge < -0.3 is 9.64 Å². The van der Waals surface area contributed by atoms with Crippen molar-refractivity contribution in [1.29, 1.82) is 0 Å². The summed E-state index contributed by atoms with van der Waals surface area (Å²) in [6.45, 7) is 0.101. The Morgan fingerprint density at radius 3 is 2.35 bits per heavy atom. The van der Waals surface area contributed by atoms with E-state index in [4.69, 9.17) is 4.74 Å². The second-order valence-electron chi connectivity index (χ2n) is 5.99. The number of likely N-dealkylation sites (N-methyl/N-ethyl adjacent to an activating group) is 1. The minimum atomic E-state index is -0.317. The van der Waals surface area contributed by atoms with Crippen molar-refractivity contribution in [3.8, 4) is 16.9 Å². The van der Waals surface area contributed by atoms with Crippen molar-refractivity contribution >= 4 is 5.91 Å². The maximum absolute atomic E-state index is 13.7. The summed E-state index contributed by atoms with van der Waals surface area (Å²) in [7, 11) is 1.64. The summed E-state index contributed by atoms with van der Waals surface area (Å²) in [5.74, 6) is 0.116. The number of halogens is 1. The minimum Gasteiger partial charge on any atom is -0.483 e. The van der Waals surface area contributed by atoms with Gasteiger partial charge in [-0.1, -0.05) is 66.7 Å². The third kappa shape index (κ3) is 4.28. The van der Waals surface area contributed by atoms with Gasteiger partial charge in [-0.15, -0.1) is 0 Å². The zero-order chi connectivity index (χ0) is 18.4. The molecule has 0 spiro atoms. The largest absolute Gasteiger partial charge is 0.483 e. The highest BCUT2D eigenvalue weighted by molar-refractivity contribution is 5.78. The van der Waals surface area contributed by atoms with Crippen molar-refractivity contribution in [1.82, 2.24) is 4.90 Å². The van der Waals surface area contributed by atoms with Crippen molar-refractivity contribution < 1.29 is 13.9 Å². The highest BCUT2D eigenvalue weighted by atomic mass is 19.1. The van der Waals surface area contributed by atoms with E-state index in [0.29, 0.717) is 11.3 Å². The monoisotopic (exact) mass is 349 g/mol. The van der Waals surface area contributed by atoms with Crippen molar-refractivity contribution in [2.45, 2.75) is 6.54 Å². The van der Waals surface area contributed by atoms with E-state index in [2.05, 4.69) is 0 Å². The SMILES string of the molecule is CN(Cc1ccccc1F)C(=O)COc1ccccc1-c1ccccc1. The zero-order valence-corrected chi connectivity index (χ0v) is 14.6. The fourth-order valence-electron chi connectivity index (χ4n) is 2.67. The van der Waals surface area contributed by atoms with Gasteiger partial charge in [-0.3, -0.25) is 4.79 Å². The number of nitrogens with zero attached hydrogens (tertiary/aromatic N) is 1. The Balaban J connectivity index is 1.66. The summed E-state index contributed by atoms with van der Waals surface area (Å²) in [6, 6.07) is 23.9. The number of carbonyl (C=O) groups is 1. The van der Waals surface area contributed by atoms with Crippen LogP contribution in [-0.4, -0.2) is 24.5 Å². The molecule has 0 unspecified atom stereocenters. The molecule has 0 aliphatic rings. The Bertz CT molecular complexity index is 880. The van der Waals surface area contributed by atoms with E-state index in [1.54, 1.807) is 25.2 Å². The van der Waals surface area contributed by atoms with E-state index >= 15 is 0 Å². The molecule has 3 rings (SSSR count). The summed E-state index contributed by atoms with van der Waals surface area (Å²) in [6.07, 6.45) is 0. The van der Waals surface area contributed by atoms with Crippen molar-refractivity contribution in [2.24, 2.45) is 0 Å². The normalized spacial score (nSPS) is 10.4. The molecule has 0 heterocycles. The van der Waals surface area contributed by atoms with E-state index in [-0.39, 0.29) is 24.9 Å². The number of rotatable bonds is 6. The van der Waals surface area contributed by atoms with Gasteiger partial charge in [0.25, 0.3) is 5.91 Å². The molecule has 0 saturated carbocycles. The molecule has 0 aromatic heterocycles. The summed E-state index contributed by atoms with van der Waals surface area (Å²) in [5, 5.41) is 0. The molecule has 26 heavy (non-hydrogen) atoms. The maximum atomic E-state index is 13.7. The molecule has 3 aromatic rings. The zero-order valence-electron chi connectivity index (χ0n) is 14.6. The molecule has 0 fully saturated rings. The topological polar surface area (TPSA) is 29.5 Å². The molecule has 4 heteroatoms. The van der Waals surface area contributed by atoms with Crippen molar-refractivity contribution in [3.63, 3.8) is 0 Å². The van der Waals surface area contributed by atoms with Gasteiger partial charge in [-0.2, -0.15) is 0 Å². The average molecular weight is 349 g/mol. The molecule has 0 aliphatic heterocycles. The van der Waals surface area contributed by atoms with E-state index in [9.17, 15) is 9.18 Å². The number of amides is 1. The van der Waals surface area contributed by atoms with E-state index in [1.165, 1.54) is 11.0 Å². The van der Waals surface area contributed by atoms with E-state index in [0.717, 1.165) is 11.1 Å². The van der Waals surface area contributed by atoms with Gasteiger partial charge in [0.2, 0.25) is 0 Å². The van der Waals surface area contributed by atoms with Crippen LogP contribution < -0.4 is 4.74 Å². The fraction of sp³-hybridized carbons (Fsp3) is 0.136. The molecule has 3 aromatic carbocycles. The first kappa shape index (κ1) is 17.7. The third-order valence-corrected chi connectivity index (χ3v) is 4.11. The predicted octanol–water partition coefficient (Wildman–Crippen LogP) is 4.53. The molecule has 0 aliphatic carbocycles. The van der Waals surface area contributed by atoms with Gasteiger partial charge in [0.15, 0.2) is 6.61 Å². The second kappa shape index (κ2) is 8.30. The summed E-state index contributed by atoms with van der Waals surface area (Å²) in [5.41, 5.74) is 2.43. The van der Waals surface area contributed by atoms with E-state index < -0.39 is 0 Å². The smallest absolute Gasteiger partial charge is 0.260 e. The standard InChI is InChI=1S/C22H20FNO2/c1-24(15-18-11-5-7-13-20(18)23)22(25)16-26-21-14-8-6-12-19(21)17-9-3-2-4-10-17/h2-14H,15-16H2,1H3. The van der Waals surface area contributed by atoms with Gasteiger partial charge in [0.05, 0.1) is 0 Å². The van der Waals surface area contributed by atoms with Crippen LogP contribution in [0.5, 0.6) is 5.75 Å². The molecular weight excluding hydrogens is 329 g/mol. The Morgan fingerprint density at radius 2 is 1.58 bits per heavy atom. The van der Waals surface area contributed by atoms with Gasteiger partial charge in [0, 0.05) is 24.7 Å². The number of carbonyl (C=O) groups excluding carboxylic acids is 1. The first-order valence-electron chi connectivity index (χ1n) is 8.40. The van der Waals surface area contributed by atoms with Crippen LogP contribution in [0.4, 0.5) is 4.39 Å². The summed E-state index contributed by atoms with van der Waals surface area (Å²) < 4.78 is 19.5. The Kier molecular flexibility index (Phi) is 5.64. The Hall–Kier alpha value is -3.14. The quantitative estimate of drug-likeness (QED) is 0.654. The number of benzene rings is 3. The molecular formula is C22H20FNO2. The lowest BCUT2D eigenvalue weighted by molar-refractivity contribution is -0.132. The first-order valence-corrected chi connectivity index (χ1v) is 8.40. The number of para-hydroxylation sites is 1. The van der Waals surface area contributed by atoms with Crippen LogP contribution >= 0.6 is 0 Å². The molecule has 0 radical (unpaired) electrons. The fourth-order valence-corrected chi connectivity index (χ4v) is 2.67. The van der Waals surface area contributed by atoms with Crippen molar-refractivity contribution in [3.05, 3.63) is 90.2 Å². The maximum Gasteiger partial charge on any atom is 0.260 e. The van der Waals surface area contributed by atoms with Crippen LogP contribution in [0.1, 0.15) is 5.56 Å². The first-order chi connectivity index (χ1) is 12.6. The number of hydrogen-bond acceptors (Lipinski definition) is 2. The predicted molar refractivity (Wildman–Crippen MR) is 100 cm³/mol. The molecule has 0 bridgehead atoms. The Labute approximate surface area is 152 Å². The lowest BCUT2D eigenvalue weighted by atomic mass is 10.1. The van der Waals surface area contributed by atoms with Crippen LogP contribution in [-0.2, 0) is 11.3 Å².